The molecule has 1 rings (SSSR count). The summed E-state index contributed by atoms with van der Waals surface area (Å²) in [5.41, 5.74) is 5.46. The number of rotatable bonds is 1. The summed E-state index contributed by atoms with van der Waals surface area (Å²) in [6.45, 7) is 2.03. The van der Waals surface area contributed by atoms with Gasteiger partial charge in [-0.15, -0.1) is 0 Å². The number of nitrogens with two attached hydrogens (primary N) is 1. The first-order chi connectivity index (χ1) is 4.67. The van der Waals surface area contributed by atoms with Gasteiger partial charge in [-0.1, -0.05) is 24.3 Å². The summed E-state index contributed by atoms with van der Waals surface area (Å²) in [6.07, 6.45) is 7.66. The standard InChI is InChI=1S/C8H13NO/c1-8(9)5-3-2-4-7(8)6-10/h2-5,7,10H,6,9H2,1H3/t7-,8+/m1/s1. The molecule has 0 bridgehead atoms. The summed E-state index contributed by atoms with van der Waals surface area (Å²) in [7, 11) is 0. The molecular formula is C8H13NO. The predicted molar refractivity (Wildman–Crippen MR) is 41.4 cm³/mol. The van der Waals surface area contributed by atoms with E-state index >= 15 is 0 Å². The zero-order chi connectivity index (χ0) is 7.61. The molecule has 0 saturated heterocycles. The topological polar surface area (TPSA) is 46.2 Å². The van der Waals surface area contributed by atoms with Gasteiger partial charge in [0.2, 0.25) is 0 Å². The number of hydrogen-bond donors (Lipinski definition) is 2. The van der Waals surface area contributed by atoms with Crippen molar-refractivity contribution in [2.45, 2.75) is 12.5 Å². The van der Waals surface area contributed by atoms with E-state index in [1.165, 1.54) is 0 Å². The summed E-state index contributed by atoms with van der Waals surface area (Å²) in [5.74, 6) is 0.0671. The van der Waals surface area contributed by atoms with E-state index in [4.69, 9.17) is 10.8 Å². The van der Waals surface area contributed by atoms with Gasteiger partial charge in [0.25, 0.3) is 0 Å². The zero-order valence-corrected chi connectivity index (χ0v) is 6.12. The molecule has 0 radical (unpaired) electrons. The highest BCUT2D eigenvalue weighted by molar-refractivity contribution is 5.22. The summed E-state index contributed by atoms with van der Waals surface area (Å²) >= 11 is 0. The van der Waals surface area contributed by atoms with E-state index in [1.807, 2.05) is 31.2 Å². The molecule has 3 N–H and O–H groups in total. The number of aliphatic hydroxyl groups is 1. The zero-order valence-electron chi connectivity index (χ0n) is 6.12. The second-order valence-corrected chi connectivity index (χ2v) is 2.90. The molecule has 0 amide bonds. The van der Waals surface area contributed by atoms with Crippen molar-refractivity contribution in [2.75, 3.05) is 6.61 Å². The molecule has 1 aliphatic rings. The van der Waals surface area contributed by atoms with Gasteiger partial charge in [0.05, 0.1) is 6.61 Å². The fourth-order valence-corrected chi connectivity index (χ4v) is 1.05. The maximum atomic E-state index is 8.86. The molecule has 10 heavy (non-hydrogen) atoms. The molecule has 0 aromatic heterocycles. The smallest absolute Gasteiger partial charge is 0.0514 e. The van der Waals surface area contributed by atoms with Crippen molar-refractivity contribution < 1.29 is 5.11 Å². The van der Waals surface area contributed by atoms with Gasteiger partial charge in [0.15, 0.2) is 0 Å². The molecule has 0 fully saturated rings. The van der Waals surface area contributed by atoms with Crippen molar-refractivity contribution in [3.8, 4) is 0 Å². The molecule has 0 aliphatic heterocycles. The van der Waals surface area contributed by atoms with Crippen LogP contribution < -0.4 is 5.73 Å². The van der Waals surface area contributed by atoms with Crippen LogP contribution in [0.15, 0.2) is 24.3 Å². The van der Waals surface area contributed by atoms with Crippen molar-refractivity contribution in [1.29, 1.82) is 0 Å². The fourth-order valence-electron chi connectivity index (χ4n) is 1.05. The van der Waals surface area contributed by atoms with Gasteiger partial charge < -0.3 is 10.8 Å². The van der Waals surface area contributed by atoms with Crippen LogP contribution in [-0.2, 0) is 0 Å². The van der Waals surface area contributed by atoms with Gasteiger partial charge in [-0.2, -0.15) is 0 Å². The maximum Gasteiger partial charge on any atom is 0.0514 e. The van der Waals surface area contributed by atoms with Crippen LogP contribution >= 0.6 is 0 Å². The van der Waals surface area contributed by atoms with Crippen molar-refractivity contribution in [1.82, 2.24) is 0 Å². The maximum absolute atomic E-state index is 8.86. The molecule has 0 aromatic carbocycles. The largest absolute Gasteiger partial charge is 0.396 e. The van der Waals surface area contributed by atoms with Crippen LogP contribution in [0.25, 0.3) is 0 Å². The first-order valence-electron chi connectivity index (χ1n) is 3.42. The average molecular weight is 139 g/mol. The molecule has 2 nitrogen and oxygen atoms in total. The molecule has 56 valence electrons. The number of hydrogen-bond acceptors (Lipinski definition) is 2. The lowest BCUT2D eigenvalue weighted by molar-refractivity contribution is 0.214. The molecule has 0 saturated carbocycles. The van der Waals surface area contributed by atoms with E-state index in [0.29, 0.717) is 0 Å². The minimum Gasteiger partial charge on any atom is -0.396 e. The molecule has 0 spiro atoms. The monoisotopic (exact) mass is 139 g/mol. The van der Waals surface area contributed by atoms with Gasteiger partial charge in [-0.3, -0.25) is 0 Å². The highest BCUT2D eigenvalue weighted by atomic mass is 16.3. The van der Waals surface area contributed by atoms with Crippen molar-refractivity contribution >= 4 is 0 Å². The van der Waals surface area contributed by atoms with Gasteiger partial charge >= 0.3 is 0 Å². The minimum atomic E-state index is -0.372. The van der Waals surface area contributed by atoms with E-state index < -0.39 is 0 Å². The third-order valence-electron chi connectivity index (χ3n) is 1.91. The third-order valence-corrected chi connectivity index (χ3v) is 1.91. The molecule has 2 heteroatoms. The summed E-state index contributed by atoms with van der Waals surface area (Å²) in [5, 5.41) is 8.86. The van der Waals surface area contributed by atoms with Crippen LogP contribution in [-0.4, -0.2) is 17.3 Å². The fraction of sp³-hybridized carbons (Fsp3) is 0.500. The first-order valence-corrected chi connectivity index (χ1v) is 3.42. The summed E-state index contributed by atoms with van der Waals surface area (Å²) in [6, 6.07) is 0. The van der Waals surface area contributed by atoms with E-state index in [9.17, 15) is 0 Å². The SMILES string of the molecule is C[C@]1(N)C=CC=C[C@@H]1CO. The Labute approximate surface area is 61.0 Å². The molecule has 0 unspecified atom stereocenters. The molecule has 2 atom stereocenters. The van der Waals surface area contributed by atoms with Crippen LogP contribution in [0.4, 0.5) is 0 Å². The Morgan fingerprint density at radius 1 is 1.60 bits per heavy atom. The highest BCUT2D eigenvalue weighted by Crippen LogP contribution is 2.20. The molecule has 0 aromatic rings. The second-order valence-electron chi connectivity index (χ2n) is 2.90. The average Bonchev–Trinajstić information content (AvgIpc) is 1.87. The van der Waals surface area contributed by atoms with Gasteiger partial charge in [-0.25, -0.2) is 0 Å². The Balaban J connectivity index is 2.74. The van der Waals surface area contributed by atoms with Crippen molar-refractivity contribution in [3.05, 3.63) is 24.3 Å². The summed E-state index contributed by atoms with van der Waals surface area (Å²) < 4.78 is 0. The second kappa shape index (κ2) is 2.56. The van der Waals surface area contributed by atoms with Gasteiger partial charge in [-0.05, 0) is 6.92 Å². The van der Waals surface area contributed by atoms with E-state index in [2.05, 4.69) is 0 Å². The van der Waals surface area contributed by atoms with Crippen LogP contribution in [0.5, 0.6) is 0 Å². The van der Waals surface area contributed by atoms with Gasteiger partial charge in [0, 0.05) is 11.5 Å². The first kappa shape index (κ1) is 7.51. The van der Waals surface area contributed by atoms with E-state index in [-0.39, 0.29) is 18.1 Å². The Bertz CT molecular complexity index is 170. The van der Waals surface area contributed by atoms with Crippen LogP contribution in [0.3, 0.4) is 0 Å². The number of aliphatic hydroxyl groups excluding tert-OH is 1. The van der Waals surface area contributed by atoms with Crippen LogP contribution in [0.2, 0.25) is 0 Å². The molecular weight excluding hydrogens is 126 g/mol. The third kappa shape index (κ3) is 1.28. The van der Waals surface area contributed by atoms with E-state index in [0.717, 1.165) is 0 Å². The van der Waals surface area contributed by atoms with Crippen molar-refractivity contribution in [3.63, 3.8) is 0 Å². The minimum absolute atomic E-state index is 0.0671. The Hall–Kier alpha value is -0.600. The lowest BCUT2D eigenvalue weighted by atomic mass is 9.84. The lowest BCUT2D eigenvalue weighted by Crippen LogP contribution is -2.43. The quantitative estimate of drug-likeness (QED) is 0.553. The normalized spacial score (nSPS) is 38.5. The van der Waals surface area contributed by atoms with E-state index in [1.54, 1.807) is 0 Å². The summed E-state index contributed by atoms with van der Waals surface area (Å²) in [4.78, 5) is 0. The Morgan fingerprint density at radius 3 is 2.70 bits per heavy atom. The van der Waals surface area contributed by atoms with Crippen LogP contribution in [0, 0.1) is 5.92 Å². The lowest BCUT2D eigenvalue weighted by Gasteiger charge is -2.29. The van der Waals surface area contributed by atoms with Crippen LogP contribution in [0.1, 0.15) is 6.92 Å². The predicted octanol–water partition coefficient (Wildman–Crippen LogP) is 0.438. The highest BCUT2D eigenvalue weighted by Gasteiger charge is 2.25. The Morgan fingerprint density at radius 2 is 2.30 bits per heavy atom. The van der Waals surface area contributed by atoms with Gasteiger partial charge in [0.1, 0.15) is 0 Å². The van der Waals surface area contributed by atoms with Crippen molar-refractivity contribution in [2.24, 2.45) is 11.7 Å². The number of allylic oxidation sites excluding steroid dienone is 2. The Kier molecular flexibility index (Phi) is 1.92. The molecule has 1 aliphatic carbocycles. The molecule has 0 heterocycles.